The van der Waals surface area contributed by atoms with Gasteiger partial charge in [-0.3, -0.25) is 0 Å². The highest BCUT2D eigenvalue weighted by Crippen LogP contribution is 2.07. The van der Waals surface area contributed by atoms with Gasteiger partial charge in [-0.15, -0.1) is 10.2 Å². The van der Waals surface area contributed by atoms with Crippen LogP contribution in [0.25, 0.3) is 0 Å². The van der Waals surface area contributed by atoms with Gasteiger partial charge < -0.3 is 5.32 Å². The number of aromatic nitrogens is 4. The van der Waals surface area contributed by atoms with Crippen LogP contribution in [-0.4, -0.2) is 33.7 Å². The lowest BCUT2D eigenvalue weighted by atomic mass is 9.99. The van der Waals surface area contributed by atoms with Gasteiger partial charge >= 0.3 is 0 Å². The van der Waals surface area contributed by atoms with Gasteiger partial charge in [0.05, 0.1) is 0 Å². The highest BCUT2D eigenvalue weighted by Gasteiger charge is 2.18. The first-order valence-corrected chi connectivity index (χ1v) is 3.38. The van der Waals surface area contributed by atoms with E-state index in [4.69, 9.17) is 0 Å². The lowest BCUT2D eigenvalue weighted by molar-refractivity contribution is 0.341. The molecule has 1 aliphatic rings. The Bertz CT molecular complexity index is 195. The molecule has 0 aromatic carbocycles. The first-order valence-electron chi connectivity index (χ1n) is 3.38. The Hall–Kier alpha value is -0.970. The van der Waals surface area contributed by atoms with Gasteiger partial charge in [0, 0.05) is 7.85 Å². The maximum absolute atomic E-state index is 3.86. The Labute approximate surface area is 59.7 Å². The summed E-state index contributed by atoms with van der Waals surface area (Å²) in [5, 5.41) is 16.8. The minimum absolute atomic E-state index is 0. The third-order valence-electron chi connectivity index (χ3n) is 1.73. The standard InChI is InChI=1S/C5H9N5.H2/c1(4-2-6-3-4)5-7-9-10-8-5;/h4,6H,1-3H2,(H,7,8,9,10);1H. The zero-order valence-corrected chi connectivity index (χ0v) is 5.54. The summed E-state index contributed by atoms with van der Waals surface area (Å²) in [5.41, 5.74) is 0. The molecule has 1 aliphatic heterocycles. The van der Waals surface area contributed by atoms with E-state index in [0.717, 1.165) is 31.3 Å². The van der Waals surface area contributed by atoms with Gasteiger partial charge in [-0.25, -0.2) is 0 Å². The summed E-state index contributed by atoms with van der Waals surface area (Å²) in [4.78, 5) is 0. The molecule has 1 fully saturated rings. The second kappa shape index (κ2) is 2.34. The molecule has 0 aliphatic carbocycles. The number of rotatable bonds is 2. The van der Waals surface area contributed by atoms with E-state index >= 15 is 0 Å². The van der Waals surface area contributed by atoms with Crippen LogP contribution in [0.1, 0.15) is 7.25 Å². The van der Waals surface area contributed by atoms with Crippen LogP contribution in [0.4, 0.5) is 0 Å². The first-order chi connectivity index (χ1) is 4.95. The zero-order chi connectivity index (χ0) is 6.81. The summed E-state index contributed by atoms with van der Waals surface area (Å²) in [6.45, 7) is 2.18. The van der Waals surface area contributed by atoms with Crippen molar-refractivity contribution in [3.8, 4) is 0 Å². The molecular weight excluding hydrogens is 130 g/mol. The van der Waals surface area contributed by atoms with Crippen LogP contribution in [0.2, 0.25) is 0 Å². The number of nitrogens with zero attached hydrogens (tertiary/aromatic N) is 3. The fourth-order valence-electron chi connectivity index (χ4n) is 1.02. The molecule has 0 radical (unpaired) electrons. The van der Waals surface area contributed by atoms with E-state index in [-0.39, 0.29) is 1.43 Å². The van der Waals surface area contributed by atoms with Gasteiger partial charge in [-0.1, -0.05) is 5.21 Å². The van der Waals surface area contributed by atoms with Crippen LogP contribution >= 0.6 is 0 Å². The monoisotopic (exact) mass is 141 g/mol. The summed E-state index contributed by atoms with van der Waals surface area (Å²) in [6, 6.07) is 0. The van der Waals surface area contributed by atoms with Crippen LogP contribution in [0.5, 0.6) is 0 Å². The van der Waals surface area contributed by atoms with Crippen LogP contribution in [0, 0.1) is 5.92 Å². The summed E-state index contributed by atoms with van der Waals surface area (Å²) < 4.78 is 0. The second-order valence-corrected chi connectivity index (χ2v) is 2.56. The normalized spacial score (nSPS) is 18.8. The molecule has 5 nitrogen and oxygen atoms in total. The molecular formula is C5H11N5. The lowest BCUT2D eigenvalue weighted by Crippen LogP contribution is -2.43. The van der Waals surface area contributed by atoms with Crippen molar-refractivity contribution in [1.29, 1.82) is 0 Å². The average Bonchev–Trinajstić information content (AvgIpc) is 2.29. The molecule has 5 heteroatoms. The predicted octanol–water partition coefficient (Wildman–Crippen LogP) is -0.792. The van der Waals surface area contributed by atoms with Crippen LogP contribution < -0.4 is 5.32 Å². The third-order valence-corrected chi connectivity index (χ3v) is 1.73. The minimum atomic E-state index is 0. The van der Waals surface area contributed by atoms with Crippen molar-refractivity contribution in [3.63, 3.8) is 0 Å². The lowest BCUT2D eigenvalue weighted by Gasteiger charge is -2.25. The SMILES string of the molecule is C1NCC1Cc1nn[nH]n1.[HH]. The minimum Gasteiger partial charge on any atom is -0.316 e. The van der Waals surface area contributed by atoms with Crippen molar-refractivity contribution in [2.45, 2.75) is 6.42 Å². The molecule has 0 unspecified atom stereocenters. The number of hydrogen-bond acceptors (Lipinski definition) is 4. The maximum Gasteiger partial charge on any atom is 0.174 e. The molecule has 0 saturated carbocycles. The smallest absolute Gasteiger partial charge is 0.174 e. The van der Waals surface area contributed by atoms with E-state index in [9.17, 15) is 0 Å². The van der Waals surface area contributed by atoms with Gasteiger partial charge in [0.2, 0.25) is 0 Å². The van der Waals surface area contributed by atoms with Crippen LogP contribution in [0.15, 0.2) is 0 Å². The molecule has 2 heterocycles. The Morgan fingerprint density at radius 2 is 2.50 bits per heavy atom. The topological polar surface area (TPSA) is 66.5 Å². The number of H-pyrrole nitrogens is 1. The molecule has 1 aromatic heterocycles. The largest absolute Gasteiger partial charge is 0.316 e. The summed E-state index contributed by atoms with van der Waals surface area (Å²) in [6.07, 6.45) is 0.948. The molecule has 2 rings (SSSR count). The van der Waals surface area contributed by atoms with E-state index < -0.39 is 0 Å². The van der Waals surface area contributed by atoms with Crippen molar-refractivity contribution in [3.05, 3.63) is 5.82 Å². The van der Waals surface area contributed by atoms with Gasteiger partial charge in [0.25, 0.3) is 0 Å². The zero-order valence-electron chi connectivity index (χ0n) is 5.54. The number of tetrazole rings is 1. The van der Waals surface area contributed by atoms with E-state index in [0.29, 0.717) is 0 Å². The van der Waals surface area contributed by atoms with Gasteiger partial charge in [-0.05, 0) is 19.0 Å². The number of aromatic amines is 1. The van der Waals surface area contributed by atoms with E-state index in [1.807, 2.05) is 0 Å². The van der Waals surface area contributed by atoms with E-state index in [1.54, 1.807) is 0 Å². The van der Waals surface area contributed by atoms with E-state index in [1.165, 1.54) is 0 Å². The van der Waals surface area contributed by atoms with Crippen LogP contribution in [-0.2, 0) is 6.42 Å². The molecule has 56 valence electrons. The Morgan fingerprint density at radius 3 is 3.00 bits per heavy atom. The fraction of sp³-hybridized carbons (Fsp3) is 0.800. The van der Waals surface area contributed by atoms with Gasteiger partial charge in [0.1, 0.15) is 0 Å². The molecule has 10 heavy (non-hydrogen) atoms. The molecule has 0 atom stereocenters. The van der Waals surface area contributed by atoms with Crippen molar-refractivity contribution in [1.82, 2.24) is 25.9 Å². The van der Waals surface area contributed by atoms with Crippen molar-refractivity contribution in [2.24, 2.45) is 5.92 Å². The van der Waals surface area contributed by atoms with Crippen molar-refractivity contribution in [2.75, 3.05) is 13.1 Å². The fourth-order valence-corrected chi connectivity index (χ4v) is 1.02. The molecule has 1 aromatic rings. The van der Waals surface area contributed by atoms with Crippen LogP contribution in [0.3, 0.4) is 0 Å². The van der Waals surface area contributed by atoms with Crippen molar-refractivity contribution >= 4 is 0 Å². The third kappa shape index (κ3) is 0.995. The highest BCUT2D eigenvalue weighted by atomic mass is 15.5. The van der Waals surface area contributed by atoms with Gasteiger partial charge in [-0.2, -0.15) is 5.21 Å². The maximum atomic E-state index is 3.86. The summed E-state index contributed by atoms with van der Waals surface area (Å²) in [7, 11) is 0. The van der Waals surface area contributed by atoms with Gasteiger partial charge in [0.15, 0.2) is 5.82 Å². The molecule has 2 N–H and O–H groups in total. The molecule has 0 amide bonds. The second-order valence-electron chi connectivity index (χ2n) is 2.56. The molecule has 1 saturated heterocycles. The Kier molecular flexibility index (Phi) is 1.35. The molecule has 0 bridgehead atoms. The summed E-state index contributed by atoms with van der Waals surface area (Å²) in [5.74, 6) is 1.55. The number of nitrogens with one attached hydrogen (secondary N) is 2. The summed E-state index contributed by atoms with van der Waals surface area (Å²) >= 11 is 0. The first kappa shape index (κ1) is 5.79. The average molecular weight is 141 g/mol. The quantitative estimate of drug-likeness (QED) is 0.566. The Morgan fingerprint density at radius 1 is 1.60 bits per heavy atom. The van der Waals surface area contributed by atoms with E-state index in [2.05, 4.69) is 25.9 Å². The number of hydrogen-bond donors (Lipinski definition) is 2. The highest BCUT2D eigenvalue weighted by molar-refractivity contribution is 4.86. The van der Waals surface area contributed by atoms with Crippen molar-refractivity contribution < 1.29 is 1.43 Å². The predicted molar refractivity (Wildman–Crippen MR) is 36.4 cm³/mol. The Balaban J connectivity index is 0.000000605. The molecule has 0 spiro atoms.